The van der Waals surface area contributed by atoms with Crippen molar-refractivity contribution in [1.29, 1.82) is 0 Å². The zero-order valence-electron chi connectivity index (χ0n) is 12.5. The largest absolute Gasteiger partial charge is 0.466 e. The van der Waals surface area contributed by atoms with E-state index in [1.807, 2.05) is 39.0 Å². The number of nitrogens with one attached hydrogen (secondary N) is 1. The Balaban J connectivity index is 1.98. The third kappa shape index (κ3) is 3.99. The quantitative estimate of drug-likeness (QED) is 0.668. The van der Waals surface area contributed by atoms with Gasteiger partial charge < -0.3 is 15.5 Å². The van der Waals surface area contributed by atoms with Crippen LogP contribution in [0, 0.1) is 13.8 Å². The molecule has 0 bridgehead atoms. The molecule has 1 aromatic heterocycles. The Morgan fingerprint density at radius 2 is 1.95 bits per heavy atom. The highest BCUT2D eigenvalue weighted by Crippen LogP contribution is 2.21. The zero-order chi connectivity index (χ0) is 15.4. The number of rotatable bonds is 4. The van der Waals surface area contributed by atoms with Crippen molar-refractivity contribution in [3.63, 3.8) is 0 Å². The number of carbonyl (C=O) groups is 1. The van der Waals surface area contributed by atoms with Crippen LogP contribution in [0.4, 0.5) is 5.69 Å². The topological polar surface area (TPSA) is 68.3 Å². The van der Waals surface area contributed by atoms with Crippen molar-refractivity contribution in [2.75, 3.05) is 5.73 Å². The maximum absolute atomic E-state index is 11.9. The molecular weight excluding hydrogens is 264 g/mol. The van der Waals surface area contributed by atoms with Crippen LogP contribution in [0.1, 0.15) is 35.6 Å². The highest BCUT2D eigenvalue weighted by molar-refractivity contribution is 5.92. The van der Waals surface area contributed by atoms with Crippen LogP contribution in [-0.4, -0.2) is 5.91 Å². The number of benzene rings is 1. The lowest BCUT2D eigenvalue weighted by Gasteiger charge is -2.11. The van der Waals surface area contributed by atoms with Crippen molar-refractivity contribution < 1.29 is 9.21 Å². The number of amides is 1. The van der Waals surface area contributed by atoms with E-state index in [-0.39, 0.29) is 11.9 Å². The van der Waals surface area contributed by atoms with Crippen LogP contribution in [-0.2, 0) is 4.79 Å². The summed E-state index contributed by atoms with van der Waals surface area (Å²) >= 11 is 0. The van der Waals surface area contributed by atoms with E-state index in [9.17, 15) is 4.79 Å². The van der Waals surface area contributed by atoms with E-state index in [1.165, 1.54) is 6.08 Å². The summed E-state index contributed by atoms with van der Waals surface area (Å²) in [6.45, 7) is 5.73. The monoisotopic (exact) mass is 284 g/mol. The maximum atomic E-state index is 11.9. The average Bonchev–Trinajstić information content (AvgIpc) is 2.77. The van der Waals surface area contributed by atoms with E-state index in [2.05, 4.69) is 5.32 Å². The minimum Gasteiger partial charge on any atom is -0.466 e. The molecule has 2 rings (SSSR count). The van der Waals surface area contributed by atoms with Crippen LogP contribution in [0.3, 0.4) is 0 Å². The van der Waals surface area contributed by atoms with Gasteiger partial charge in [-0.15, -0.1) is 0 Å². The van der Waals surface area contributed by atoms with Gasteiger partial charge in [0.25, 0.3) is 0 Å². The molecule has 21 heavy (non-hydrogen) atoms. The highest BCUT2D eigenvalue weighted by Gasteiger charge is 2.13. The van der Waals surface area contributed by atoms with Crippen molar-refractivity contribution in [3.05, 3.63) is 59.1 Å². The Labute approximate surface area is 124 Å². The summed E-state index contributed by atoms with van der Waals surface area (Å²) in [5.41, 5.74) is 8.26. The van der Waals surface area contributed by atoms with Gasteiger partial charge in [0.05, 0.1) is 6.04 Å². The highest BCUT2D eigenvalue weighted by atomic mass is 16.3. The molecule has 1 unspecified atom stereocenters. The van der Waals surface area contributed by atoms with Crippen LogP contribution in [0.15, 0.2) is 40.8 Å². The van der Waals surface area contributed by atoms with E-state index in [0.717, 1.165) is 22.6 Å². The molecule has 0 aliphatic carbocycles. The standard InChI is InChI=1S/C17H20N2O2/c1-11-10-16(13(3)21-11)12(2)19-17(20)9-6-14-4-7-15(18)8-5-14/h4-10,12H,18H2,1-3H3,(H,19,20)/b9-6+. The lowest BCUT2D eigenvalue weighted by Crippen LogP contribution is -2.24. The molecule has 4 nitrogen and oxygen atoms in total. The summed E-state index contributed by atoms with van der Waals surface area (Å²) in [6, 6.07) is 9.20. The van der Waals surface area contributed by atoms with Gasteiger partial charge in [0.2, 0.25) is 5.91 Å². The Kier molecular flexibility index (Phi) is 4.48. The second-order valence-electron chi connectivity index (χ2n) is 5.10. The minimum absolute atomic E-state index is 0.0917. The first kappa shape index (κ1) is 14.9. The third-order valence-corrected chi connectivity index (χ3v) is 3.27. The second-order valence-corrected chi connectivity index (χ2v) is 5.10. The van der Waals surface area contributed by atoms with Gasteiger partial charge >= 0.3 is 0 Å². The molecule has 2 aromatic rings. The fourth-order valence-electron chi connectivity index (χ4n) is 2.20. The van der Waals surface area contributed by atoms with Crippen LogP contribution in [0.25, 0.3) is 6.08 Å². The molecule has 110 valence electrons. The average molecular weight is 284 g/mol. The number of hydrogen-bond donors (Lipinski definition) is 2. The molecule has 1 heterocycles. The number of nitrogen functional groups attached to an aromatic ring is 1. The number of nitrogens with two attached hydrogens (primary N) is 1. The molecule has 0 aliphatic rings. The predicted molar refractivity (Wildman–Crippen MR) is 84.6 cm³/mol. The lowest BCUT2D eigenvalue weighted by atomic mass is 10.1. The summed E-state index contributed by atoms with van der Waals surface area (Å²) in [5.74, 6) is 1.54. The normalized spacial score (nSPS) is 12.5. The molecular formula is C17H20N2O2. The molecule has 4 heteroatoms. The van der Waals surface area contributed by atoms with Crippen molar-refractivity contribution in [2.45, 2.75) is 26.8 Å². The lowest BCUT2D eigenvalue weighted by molar-refractivity contribution is -0.117. The van der Waals surface area contributed by atoms with Crippen molar-refractivity contribution in [2.24, 2.45) is 0 Å². The smallest absolute Gasteiger partial charge is 0.244 e. The van der Waals surface area contributed by atoms with Crippen molar-refractivity contribution in [1.82, 2.24) is 5.32 Å². The molecule has 0 saturated heterocycles. The van der Waals surface area contributed by atoms with Crippen LogP contribution < -0.4 is 11.1 Å². The van der Waals surface area contributed by atoms with Gasteiger partial charge in [-0.05, 0) is 50.6 Å². The number of anilines is 1. The molecule has 0 saturated carbocycles. The van der Waals surface area contributed by atoms with Gasteiger partial charge in [0.1, 0.15) is 11.5 Å². The van der Waals surface area contributed by atoms with Gasteiger partial charge in [-0.1, -0.05) is 12.1 Å². The van der Waals surface area contributed by atoms with Gasteiger partial charge in [0.15, 0.2) is 0 Å². The first-order chi connectivity index (χ1) is 9.95. The Hall–Kier alpha value is -2.49. The van der Waals surface area contributed by atoms with Gasteiger partial charge in [0, 0.05) is 17.3 Å². The number of hydrogen-bond acceptors (Lipinski definition) is 3. The van der Waals surface area contributed by atoms with Crippen LogP contribution >= 0.6 is 0 Å². The summed E-state index contributed by atoms with van der Waals surface area (Å²) in [5, 5.41) is 2.92. The zero-order valence-corrected chi connectivity index (χ0v) is 12.5. The van der Waals surface area contributed by atoms with E-state index in [1.54, 1.807) is 18.2 Å². The third-order valence-electron chi connectivity index (χ3n) is 3.27. The predicted octanol–water partition coefficient (Wildman–Crippen LogP) is 3.37. The Bertz CT molecular complexity index is 654. The fourth-order valence-corrected chi connectivity index (χ4v) is 2.20. The molecule has 0 fully saturated rings. The Morgan fingerprint density at radius 3 is 2.52 bits per heavy atom. The first-order valence-corrected chi connectivity index (χ1v) is 6.87. The molecule has 0 radical (unpaired) electrons. The molecule has 0 aliphatic heterocycles. The van der Waals surface area contributed by atoms with Crippen LogP contribution in [0.2, 0.25) is 0 Å². The van der Waals surface area contributed by atoms with E-state index >= 15 is 0 Å². The number of aryl methyl sites for hydroxylation is 2. The molecule has 0 spiro atoms. The van der Waals surface area contributed by atoms with Gasteiger partial charge in [-0.2, -0.15) is 0 Å². The number of furan rings is 1. The molecule has 1 aromatic carbocycles. The minimum atomic E-state index is -0.141. The van der Waals surface area contributed by atoms with Crippen LogP contribution in [0.5, 0.6) is 0 Å². The van der Waals surface area contributed by atoms with Gasteiger partial charge in [-0.3, -0.25) is 4.79 Å². The van der Waals surface area contributed by atoms with E-state index in [4.69, 9.17) is 10.2 Å². The molecule has 1 amide bonds. The molecule has 3 N–H and O–H groups in total. The summed E-state index contributed by atoms with van der Waals surface area (Å²) < 4.78 is 5.48. The van der Waals surface area contributed by atoms with Crippen molar-refractivity contribution in [3.8, 4) is 0 Å². The van der Waals surface area contributed by atoms with Gasteiger partial charge in [-0.25, -0.2) is 0 Å². The Morgan fingerprint density at radius 1 is 1.29 bits per heavy atom. The SMILES string of the molecule is Cc1cc(C(C)NC(=O)/C=C/c2ccc(N)cc2)c(C)o1. The van der Waals surface area contributed by atoms with Crippen molar-refractivity contribution >= 4 is 17.7 Å². The first-order valence-electron chi connectivity index (χ1n) is 6.87. The number of carbonyl (C=O) groups excluding carboxylic acids is 1. The fraction of sp³-hybridized carbons (Fsp3) is 0.235. The van der Waals surface area contributed by atoms with E-state index < -0.39 is 0 Å². The summed E-state index contributed by atoms with van der Waals surface area (Å²) in [6.07, 6.45) is 3.28. The summed E-state index contributed by atoms with van der Waals surface area (Å²) in [4.78, 5) is 11.9. The molecule has 1 atom stereocenters. The van der Waals surface area contributed by atoms with E-state index in [0.29, 0.717) is 5.69 Å². The summed E-state index contributed by atoms with van der Waals surface area (Å²) in [7, 11) is 0. The maximum Gasteiger partial charge on any atom is 0.244 e. The second kappa shape index (κ2) is 6.31.